The lowest BCUT2D eigenvalue weighted by Crippen LogP contribution is -2.33. The highest BCUT2D eigenvalue weighted by atomic mass is 14.9. The lowest BCUT2D eigenvalue weighted by molar-refractivity contribution is 0.395. The summed E-state index contributed by atoms with van der Waals surface area (Å²) in [6.45, 7) is 5.56. The topological polar surface area (TPSA) is 24.4 Å². The van der Waals surface area contributed by atoms with E-state index in [9.17, 15) is 0 Å². The summed E-state index contributed by atoms with van der Waals surface area (Å²) in [5.41, 5.74) is 0. The number of hydrogen-bond donors (Lipinski definition) is 1. The second-order valence-electron chi connectivity index (χ2n) is 3.65. The fraction of sp³-hybridized carbons (Fsp3) is 0.889. The molecule has 0 amide bonds. The minimum atomic E-state index is 0.486. The first kappa shape index (κ1) is 8.72. The Morgan fingerprint density at radius 2 is 2.18 bits per heavy atom. The zero-order valence-electron chi connectivity index (χ0n) is 7.67. The van der Waals surface area contributed by atoms with Crippen molar-refractivity contribution in [3.8, 4) is 0 Å². The predicted octanol–water partition coefficient (Wildman–Crippen LogP) is 1.32. The van der Waals surface area contributed by atoms with Crippen molar-refractivity contribution in [3.05, 3.63) is 0 Å². The smallest absolute Gasteiger partial charge is 0.0443 e. The second-order valence-corrected chi connectivity index (χ2v) is 3.65. The van der Waals surface area contributed by atoms with Crippen molar-refractivity contribution >= 4 is 6.21 Å². The Labute approximate surface area is 69.1 Å². The Balaban J connectivity index is 2.54. The Kier molecular flexibility index (Phi) is 3.06. The van der Waals surface area contributed by atoms with Crippen molar-refractivity contribution in [1.29, 1.82) is 0 Å². The number of nitrogens with zero attached hydrogens (tertiary/aromatic N) is 1. The lowest BCUT2D eigenvalue weighted by atomic mass is 9.93. The monoisotopic (exact) mass is 154 g/mol. The third-order valence-electron chi connectivity index (χ3n) is 2.40. The van der Waals surface area contributed by atoms with E-state index in [0.717, 1.165) is 18.4 Å². The van der Waals surface area contributed by atoms with Gasteiger partial charge in [0.25, 0.3) is 0 Å². The molecule has 0 aromatic heterocycles. The van der Waals surface area contributed by atoms with Gasteiger partial charge in [-0.15, -0.1) is 0 Å². The summed E-state index contributed by atoms with van der Waals surface area (Å²) < 4.78 is 0. The van der Waals surface area contributed by atoms with Gasteiger partial charge < -0.3 is 5.32 Å². The molecular formula is C9H18N2. The molecule has 0 saturated carbocycles. The van der Waals surface area contributed by atoms with Gasteiger partial charge in [-0.3, -0.25) is 4.99 Å². The SMILES string of the molecule is CNC1C=NCC(C)CC1C. The molecule has 1 heterocycles. The van der Waals surface area contributed by atoms with Crippen LogP contribution in [0.3, 0.4) is 0 Å². The highest BCUT2D eigenvalue weighted by Gasteiger charge is 2.18. The third kappa shape index (κ3) is 2.29. The van der Waals surface area contributed by atoms with Crippen LogP contribution < -0.4 is 5.32 Å². The Morgan fingerprint density at radius 1 is 1.45 bits per heavy atom. The van der Waals surface area contributed by atoms with Crippen LogP contribution in [0.4, 0.5) is 0 Å². The molecule has 1 N–H and O–H groups in total. The largest absolute Gasteiger partial charge is 0.312 e. The zero-order chi connectivity index (χ0) is 8.27. The summed E-state index contributed by atoms with van der Waals surface area (Å²) in [5.74, 6) is 1.47. The van der Waals surface area contributed by atoms with E-state index in [1.54, 1.807) is 0 Å². The van der Waals surface area contributed by atoms with Crippen LogP contribution in [0.25, 0.3) is 0 Å². The van der Waals surface area contributed by atoms with Crippen molar-refractivity contribution < 1.29 is 0 Å². The number of aliphatic imine (C=N–C) groups is 1. The molecule has 0 aliphatic carbocycles. The summed E-state index contributed by atoms with van der Waals surface area (Å²) in [4.78, 5) is 4.37. The number of rotatable bonds is 1. The molecule has 1 rings (SSSR count). The molecule has 3 unspecified atom stereocenters. The molecule has 1 aliphatic heterocycles. The van der Waals surface area contributed by atoms with Gasteiger partial charge in [0, 0.05) is 18.8 Å². The molecule has 0 radical (unpaired) electrons. The maximum atomic E-state index is 4.37. The summed E-state index contributed by atoms with van der Waals surface area (Å²) in [6.07, 6.45) is 3.35. The summed E-state index contributed by atoms with van der Waals surface area (Å²) in [5, 5.41) is 3.26. The first-order valence-electron chi connectivity index (χ1n) is 4.41. The summed E-state index contributed by atoms with van der Waals surface area (Å²) >= 11 is 0. The highest BCUT2D eigenvalue weighted by molar-refractivity contribution is 5.65. The van der Waals surface area contributed by atoms with Gasteiger partial charge >= 0.3 is 0 Å². The van der Waals surface area contributed by atoms with E-state index < -0.39 is 0 Å². The zero-order valence-corrected chi connectivity index (χ0v) is 7.67. The van der Waals surface area contributed by atoms with Crippen molar-refractivity contribution in [2.75, 3.05) is 13.6 Å². The number of nitrogens with one attached hydrogen (secondary N) is 1. The minimum Gasteiger partial charge on any atom is -0.312 e. The lowest BCUT2D eigenvalue weighted by Gasteiger charge is -2.18. The molecule has 0 aromatic rings. The van der Waals surface area contributed by atoms with E-state index in [4.69, 9.17) is 0 Å². The standard InChI is InChI=1S/C9H18N2/c1-7-4-8(2)9(10-3)6-11-5-7/h6-10H,4-5H2,1-3H3. The Hall–Kier alpha value is -0.370. The van der Waals surface area contributed by atoms with Crippen molar-refractivity contribution in [3.63, 3.8) is 0 Å². The van der Waals surface area contributed by atoms with E-state index in [1.807, 2.05) is 7.05 Å². The minimum absolute atomic E-state index is 0.486. The van der Waals surface area contributed by atoms with Gasteiger partial charge in [-0.25, -0.2) is 0 Å². The molecule has 1 aliphatic rings. The highest BCUT2D eigenvalue weighted by Crippen LogP contribution is 2.17. The molecule has 2 heteroatoms. The van der Waals surface area contributed by atoms with E-state index in [0.29, 0.717) is 6.04 Å². The molecule has 0 fully saturated rings. The summed E-state index contributed by atoms with van der Waals surface area (Å²) in [6, 6.07) is 0.486. The van der Waals surface area contributed by atoms with Gasteiger partial charge in [-0.2, -0.15) is 0 Å². The summed E-state index contributed by atoms with van der Waals surface area (Å²) in [7, 11) is 2.00. The van der Waals surface area contributed by atoms with Crippen LogP contribution >= 0.6 is 0 Å². The second kappa shape index (κ2) is 3.86. The van der Waals surface area contributed by atoms with Crippen LogP contribution in [-0.4, -0.2) is 25.8 Å². The predicted molar refractivity (Wildman–Crippen MR) is 49.2 cm³/mol. The van der Waals surface area contributed by atoms with Gasteiger partial charge in [-0.1, -0.05) is 13.8 Å². The molecule has 0 bridgehead atoms. The van der Waals surface area contributed by atoms with E-state index in [1.165, 1.54) is 6.42 Å². The maximum absolute atomic E-state index is 4.37. The first-order valence-corrected chi connectivity index (χ1v) is 4.41. The molecule has 11 heavy (non-hydrogen) atoms. The molecule has 0 saturated heterocycles. The molecule has 0 spiro atoms. The van der Waals surface area contributed by atoms with Gasteiger partial charge in [0.15, 0.2) is 0 Å². The molecule has 0 aromatic carbocycles. The van der Waals surface area contributed by atoms with E-state index in [-0.39, 0.29) is 0 Å². The maximum Gasteiger partial charge on any atom is 0.0443 e. The number of hydrogen-bond acceptors (Lipinski definition) is 2. The van der Waals surface area contributed by atoms with Crippen LogP contribution in [0.15, 0.2) is 4.99 Å². The van der Waals surface area contributed by atoms with Gasteiger partial charge in [0.1, 0.15) is 0 Å². The molecular weight excluding hydrogens is 136 g/mol. The van der Waals surface area contributed by atoms with Crippen LogP contribution in [0.1, 0.15) is 20.3 Å². The molecule has 3 atom stereocenters. The van der Waals surface area contributed by atoms with Crippen molar-refractivity contribution in [2.24, 2.45) is 16.8 Å². The Bertz CT molecular complexity index is 142. The van der Waals surface area contributed by atoms with Crippen LogP contribution in [0, 0.1) is 11.8 Å². The average molecular weight is 154 g/mol. The van der Waals surface area contributed by atoms with E-state index >= 15 is 0 Å². The fourth-order valence-corrected chi connectivity index (χ4v) is 1.72. The van der Waals surface area contributed by atoms with E-state index in [2.05, 4.69) is 30.4 Å². The average Bonchev–Trinajstić information content (AvgIpc) is 2.11. The van der Waals surface area contributed by atoms with Gasteiger partial charge in [0.05, 0.1) is 0 Å². The molecule has 2 nitrogen and oxygen atoms in total. The van der Waals surface area contributed by atoms with Crippen LogP contribution in [0.2, 0.25) is 0 Å². The normalized spacial score (nSPS) is 38.6. The van der Waals surface area contributed by atoms with Crippen molar-refractivity contribution in [2.45, 2.75) is 26.3 Å². The molecule has 64 valence electrons. The van der Waals surface area contributed by atoms with Gasteiger partial charge in [-0.05, 0) is 25.3 Å². The van der Waals surface area contributed by atoms with Crippen LogP contribution in [0.5, 0.6) is 0 Å². The van der Waals surface area contributed by atoms with Gasteiger partial charge in [0.2, 0.25) is 0 Å². The third-order valence-corrected chi connectivity index (χ3v) is 2.40. The van der Waals surface area contributed by atoms with Crippen LogP contribution in [-0.2, 0) is 0 Å². The first-order chi connectivity index (χ1) is 5.24. The Morgan fingerprint density at radius 3 is 2.82 bits per heavy atom. The fourth-order valence-electron chi connectivity index (χ4n) is 1.72. The van der Waals surface area contributed by atoms with Crippen molar-refractivity contribution in [1.82, 2.24) is 5.32 Å². The quantitative estimate of drug-likeness (QED) is 0.605.